The lowest BCUT2D eigenvalue weighted by Crippen LogP contribution is -2.67. The van der Waals surface area contributed by atoms with Gasteiger partial charge in [0.15, 0.2) is 37.7 Å². The van der Waals surface area contributed by atoms with E-state index in [0.29, 0.717) is 38.5 Å². The normalized spacial score (nSPS) is 52.1. The number of allylic oxidation sites excluding steroid dienone is 3. The van der Waals surface area contributed by atoms with Crippen LogP contribution in [-0.4, -0.2) is 325 Å². The van der Waals surface area contributed by atoms with Crippen LogP contribution in [0.2, 0.25) is 0 Å². The van der Waals surface area contributed by atoms with Crippen LogP contribution >= 0.6 is 0 Å². The van der Waals surface area contributed by atoms with Crippen molar-refractivity contribution < 1.29 is 157 Å². The van der Waals surface area contributed by atoms with E-state index in [1.807, 2.05) is 13.8 Å². The first kappa shape index (κ1) is 77.6. The number of methoxy groups -OCH3 is 2. The van der Waals surface area contributed by atoms with Crippen molar-refractivity contribution in [1.29, 1.82) is 0 Å². The van der Waals surface area contributed by atoms with Crippen molar-refractivity contribution in [3.63, 3.8) is 0 Å². The average Bonchev–Trinajstić information content (AvgIpc) is 1.51. The van der Waals surface area contributed by atoms with E-state index >= 15 is 0 Å². The Labute approximate surface area is 573 Å². The molecule has 0 aromatic rings. The second-order valence-corrected chi connectivity index (χ2v) is 30.6. The van der Waals surface area contributed by atoms with Crippen LogP contribution in [0.25, 0.3) is 0 Å². The Morgan fingerprint density at radius 2 is 1.05 bits per heavy atom. The summed E-state index contributed by atoms with van der Waals surface area (Å²) in [6, 6.07) is 0. The summed E-state index contributed by atoms with van der Waals surface area (Å²) in [6.07, 6.45) is -42.4. The van der Waals surface area contributed by atoms with Crippen LogP contribution in [0.1, 0.15) is 106 Å². The number of carbonyl (C=O) groups excluding carboxylic acids is 2. The van der Waals surface area contributed by atoms with Crippen LogP contribution in [-0.2, 0) is 80.6 Å². The Balaban J connectivity index is 0.826. The van der Waals surface area contributed by atoms with Crippen LogP contribution in [0, 0.1) is 39.4 Å². The number of carbonyl (C=O) groups is 2. The fourth-order valence-corrected chi connectivity index (χ4v) is 19.0. The first-order valence-electron chi connectivity index (χ1n) is 34.7. The summed E-state index contributed by atoms with van der Waals surface area (Å²) in [5, 5.41) is 167. The molecule has 7 heterocycles. The fourth-order valence-electron chi connectivity index (χ4n) is 19.0. The number of hydrogen-bond donors (Lipinski definition) is 15. The molecule has 7 saturated heterocycles. The summed E-state index contributed by atoms with van der Waals surface area (Å²) < 4.78 is 89.9. The number of esters is 1. The van der Waals surface area contributed by atoms with Gasteiger partial charge in [-0.25, -0.2) is 0 Å². The Bertz CT molecular complexity index is 2830. The summed E-state index contributed by atoms with van der Waals surface area (Å²) >= 11 is 0. The SMILES string of the molecule is C=C(C)CCCC1(C)OC(=O)C23CC=C4C(CCC5C4(C)CCC(OC4OCC(OC6OC(CO)C(OC7OC(CO)C(O)C(OC)C7O)C(O)C6O)C(O)C4OC4OC(C)C(OC6OC(CO)C(O)C(OC7OC(CO)C(O)C(OC)C7O)C6O)C(O)C4O)C5(C)C)C2(C)CC(=O)C13. The molecule has 99 heavy (non-hydrogen) atoms. The van der Waals surface area contributed by atoms with Crippen molar-refractivity contribution in [3.8, 4) is 0 Å². The van der Waals surface area contributed by atoms with Crippen molar-refractivity contribution in [1.82, 2.24) is 0 Å². The monoisotopic (exact) mass is 1420 g/mol. The van der Waals surface area contributed by atoms with Gasteiger partial charge in [0, 0.05) is 20.6 Å². The Morgan fingerprint density at radius 1 is 0.556 bits per heavy atom. The number of ether oxygens (including phenoxy) is 15. The number of Topliss-reactive ketones (excluding diaryl/α,β-unsaturated/α-hetero) is 1. The largest absolute Gasteiger partial charge is 0.458 e. The van der Waals surface area contributed by atoms with Crippen LogP contribution in [0.3, 0.4) is 0 Å². The Kier molecular flexibility index (Phi) is 23.5. The molecule has 32 heteroatoms. The van der Waals surface area contributed by atoms with Gasteiger partial charge in [-0.05, 0) is 100 Å². The zero-order chi connectivity index (χ0) is 72.1. The molecule has 4 aliphatic carbocycles. The zero-order valence-corrected chi connectivity index (χ0v) is 57.4. The fraction of sp³-hybridized carbons (Fsp3) is 0.910. The molecule has 0 aromatic carbocycles. The minimum atomic E-state index is -2.08. The molecule has 15 N–H and O–H groups in total. The Morgan fingerprint density at radius 3 is 1.61 bits per heavy atom. The van der Waals surface area contributed by atoms with Gasteiger partial charge in [0.25, 0.3) is 0 Å². The number of hydrogen-bond acceptors (Lipinski definition) is 32. The van der Waals surface area contributed by atoms with E-state index in [4.69, 9.17) is 71.1 Å². The number of aliphatic hydroxyl groups is 15. The molecule has 0 amide bonds. The predicted octanol–water partition coefficient (Wildman–Crippen LogP) is -3.91. The molecule has 0 radical (unpaired) electrons. The average molecular weight is 1420 g/mol. The minimum Gasteiger partial charge on any atom is -0.458 e. The van der Waals surface area contributed by atoms with Gasteiger partial charge in [-0.3, -0.25) is 9.59 Å². The third kappa shape index (κ3) is 13.4. The minimum absolute atomic E-state index is 0.0504. The van der Waals surface area contributed by atoms with E-state index in [9.17, 15) is 86.2 Å². The van der Waals surface area contributed by atoms with Crippen LogP contribution in [0.4, 0.5) is 0 Å². The first-order chi connectivity index (χ1) is 46.7. The van der Waals surface area contributed by atoms with Crippen LogP contribution < -0.4 is 0 Å². The first-order valence-corrected chi connectivity index (χ1v) is 34.7. The lowest BCUT2D eigenvalue weighted by atomic mass is 9.41. The van der Waals surface area contributed by atoms with Gasteiger partial charge < -0.3 is 148 Å². The van der Waals surface area contributed by atoms with Crippen molar-refractivity contribution >= 4 is 11.8 Å². The maximum atomic E-state index is 14.6. The summed E-state index contributed by atoms with van der Waals surface area (Å²) in [7, 11) is 2.37. The predicted molar refractivity (Wildman–Crippen MR) is 331 cm³/mol. The van der Waals surface area contributed by atoms with Gasteiger partial charge in [0.1, 0.15) is 146 Å². The summed E-state index contributed by atoms with van der Waals surface area (Å²) in [6.45, 7) is 14.1. The highest BCUT2D eigenvalue weighted by molar-refractivity contribution is 5.99. The highest BCUT2D eigenvalue weighted by Crippen LogP contribution is 2.75. The molecule has 3 saturated carbocycles. The standard InChI is InChI=1S/C67H106O32/c1-26(2)12-11-17-66(8)55-30(72)20-65(7)29-13-14-36-63(4,5)37(16-18-64(36,6)28(29)15-19-67(55,65)62(84)99-66)94-61-54(41(76)35(25-87-61)93-57-45(80)43(78)50(34(24-71)92-57)96-58-46(81)51(85-9)38(73)31(21-68)89-58)98-56-44(79)42(77)49(27(3)88-56)95-60-48(83)53(40(75)33(23-70)91-60)97-59-47(82)52(86-10)39(74)32(22-69)90-59/h15,27,29,31-61,68-71,73-83H,1,11-14,16-25H2,2-10H3. The van der Waals surface area contributed by atoms with Crippen molar-refractivity contribution in [2.45, 2.75) is 296 Å². The maximum Gasteiger partial charge on any atom is 0.314 e. The molecule has 11 rings (SSSR count). The molecule has 566 valence electrons. The second-order valence-electron chi connectivity index (χ2n) is 30.6. The topological polar surface area (TPSA) is 476 Å². The lowest BCUT2D eigenvalue weighted by molar-refractivity contribution is -0.397. The number of rotatable bonds is 22. The molecule has 37 unspecified atom stereocenters. The third-order valence-electron chi connectivity index (χ3n) is 24.4. The maximum absolute atomic E-state index is 14.6. The summed E-state index contributed by atoms with van der Waals surface area (Å²) in [5.74, 6) is -1.03. The van der Waals surface area contributed by atoms with Gasteiger partial charge in [0.2, 0.25) is 0 Å². The van der Waals surface area contributed by atoms with E-state index in [1.54, 1.807) is 0 Å². The molecule has 11 aliphatic rings. The van der Waals surface area contributed by atoms with Gasteiger partial charge in [0.05, 0.1) is 56.6 Å². The highest BCUT2D eigenvalue weighted by Gasteiger charge is 2.79. The second kappa shape index (κ2) is 30.0. The molecule has 10 fully saturated rings. The quantitative estimate of drug-likeness (QED) is 0.0280. The van der Waals surface area contributed by atoms with Crippen molar-refractivity contribution in [3.05, 3.63) is 23.8 Å². The zero-order valence-electron chi connectivity index (χ0n) is 57.4. The molecule has 0 aromatic heterocycles. The van der Waals surface area contributed by atoms with Crippen LogP contribution in [0.15, 0.2) is 23.8 Å². The van der Waals surface area contributed by atoms with Gasteiger partial charge in [-0.1, -0.05) is 44.9 Å². The molecular weight excluding hydrogens is 1320 g/mol. The van der Waals surface area contributed by atoms with Crippen molar-refractivity contribution in [2.24, 2.45) is 39.4 Å². The van der Waals surface area contributed by atoms with Gasteiger partial charge in [-0.2, -0.15) is 0 Å². The molecule has 7 aliphatic heterocycles. The van der Waals surface area contributed by atoms with E-state index in [0.717, 1.165) is 18.4 Å². The van der Waals surface area contributed by atoms with E-state index in [-0.39, 0.29) is 30.0 Å². The smallest absolute Gasteiger partial charge is 0.314 e. The Hall–Kier alpha value is -2.54. The van der Waals surface area contributed by atoms with E-state index < -0.39 is 250 Å². The van der Waals surface area contributed by atoms with E-state index in [2.05, 4.69) is 40.3 Å². The lowest BCUT2D eigenvalue weighted by Gasteiger charge is -2.63. The van der Waals surface area contributed by atoms with Crippen molar-refractivity contribution in [2.75, 3.05) is 47.3 Å². The molecule has 1 spiro atoms. The summed E-state index contributed by atoms with van der Waals surface area (Å²) in [5.41, 5.74) is -1.61. The third-order valence-corrected chi connectivity index (χ3v) is 24.4. The number of fused-ring (bicyclic) bond motifs is 4. The number of cyclic esters (lactones) is 1. The molecular formula is C67H106O32. The van der Waals surface area contributed by atoms with Gasteiger partial charge in [-0.15, -0.1) is 6.58 Å². The number of ketones is 1. The van der Waals surface area contributed by atoms with Crippen LogP contribution in [0.5, 0.6) is 0 Å². The summed E-state index contributed by atoms with van der Waals surface area (Å²) in [4.78, 5) is 29.1. The van der Waals surface area contributed by atoms with E-state index in [1.165, 1.54) is 26.7 Å². The molecule has 32 nitrogen and oxygen atoms in total. The highest BCUT2D eigenvalue weighted by atomic mass is 16.8. The van der Waals surface area contributed by atoms with Gasteiger partial charge >= 0.3 is 5.97 Å². The molecule has 37 atom stereocenters. The molecule has 0 bridgehead atoms. The number of aliphatic hydroxyl groups excluding tert-OH is 15.